The van der Waals surface area contributed by atoms with E-state index in [9.17, 15) is 0 Å². The molecule has 1 aliphatic rings. The second-order valence-electron chi connectivity index (χ2n) is 16.9. The van der Waals surface area contributed by atoms with E-state index < -0.39 is 5.41 Å². The highest BCUT2D eigenvalue weighted by atomic mass is 32.1. The number of nitrogens with zero attached hydrogens (tertiary/aromatic N) is 2. The molecule has 0 radical (unpaired) electrons. The third-order valence-electron chi connectivity index (χ3n) is 13.8. The summed E-state index contributed by atoms with van der Waals surface area (Å²) >= 11 is 1.88. The van der Waals surface area contributed by atoms with Gasteiger partial charge in [0.2, 0.25) is 0 Å². The van der Waals surface area contributed by atoms with Crippen molar-refractivity contribution in [1.82, 2.24) is 9.55 Å². The third-order valence-corrected chi connectivity index (χ3v) is 15.0. The fourth-order valence-corrected chi connectivity index (χ4v) is 12.6. The van der Waals surface area contributed by atoms with Gasteiger partial charge in [-0.2, -0.15) is 0 Å². The first kappa shape index (κ1) is 34.8. The number of benzene rings is 10. The first-order valence-corrected chi connectivity index (χ1v) is 22.5. The average molecular weight is 817 g/mol. The van der Waals surface area contributed by atoms with E-state index in [0.29, 0.717) is 0 Å². The highest BCUT2D eigenvalue weighted by Crippen LogP contribution is 2.58. The topological polar surface area (TPSA) is 17.8 Å². The van der Waals surface area contributed by atoms with Crippen LogP contribution in [0.15, 0.2) is 218 Å². The molecule has 0 amide bonds. The Bertz CT molecular complexity index is 3990. The van der Waals surface area contributed by atoms with Gasteiger partial charge >= 0.3 is 0 Å². The summed E-state index contributed by atoms with van der Waals surface area (Å²) in [6.07, 6.45) is 0. The first-order valence-electron chi connectivity index (χ1n) is 21.7. The van der Waals surface area contributed by atoms with Crippen molar-refractivity contribution in [2.75, 3.05) is 0 Å². The zero-order chi connectivity index (χ0) is 41.2. The second-order valence-corrected chi connectivity index (χ2v) is 18.0. The molecule has 3 heterocycles. The normalized spacial score (nSPS) is 13.2. The molecule has 0 aliphatic heterocycles. The number of fused-ring (bicyclic) bond motifs is 16. The molecule has 0 saturated heterocycles. The van der Waals surface area contributed by atoms with Gasteiger partial charge in [0.15, 0.2) is 0 Å². The highest BCUT2D eigenvalue weighted by Gasteiger charge is 2.46. The lowest BCUT2D eigenvalue weighted by Gasteiger charge is -2.34. The van der Waals surface area contributed by atoms with Gasteiger partial charge < -0.3 is 4.57 Å². The lowest BCUT2D eigenvalue weighted by molar-refractivity contribution is 0.769. The molecule has 3 heteroatoms. The van der Waals surface area contributed by atoms with Gasteiger partial charge in [-0.15, -0.1) is 11.3 Å². The van der Waals surface area contributed by atoms with Crippen molar-refractivity contribution in [3.8, 4) is 28.1 Å². The van der Waals surface area contributed by atoms with Gasteiger partial charge in [0, 0.05) is 48.3 Å². The Morgan fingerprint density at radius 3 is 1.75 bits per heavy atom. The summed E-state index contributed by atoms with van der Waals surface area (Å²) in [6, 6.07) is 80.8. The maximum absolute atomic E-state index is 5.55. The summed E-state index contributed by atoms with van der Waals surface area (Å²) in [5.74, 6) is 0. The molecule has 0 unspecified atom stereocenters. The van der Waals surface area contributed by atoms with Crippen LogP contribution >= 0.6 is 11.3 Å². The molecule has 10 aromatic carbocycles. The van der Waals surface area contributed by atoms with Crippen LogP contribution in [-0.2, 0) is 5.41 Å². The molecule has 0 saturated carbocycles. The van der Waals surface area contributed by atoms with Gasteiger partial charge in [-0.3, -0.25) is 0 Å². The molecule has 63 heavy (non-hydrogen) atoms. The Labute approximate surface area is 367 Å². The smallest absolute Gasteiger partial charge is 0.109 e. The summed E-state index contributed by atoms with van der Waals surface area (Å²) in [7, 11) is 0. The Morgan fingerprint density at radius 2 is 1.00 bits per heavy atom. The molecule has 292 valence electrons. The minimum atomic E-state index is -0.488. The molecule has 13 aromatic rings. The maximum Gasteiger partial charge on any atom is 0.109 e. The molecule has 14 rings (SSSR count). The van der Waals surface area contributed by atoms with Crippen LogP contribution in [0.3, 0.4) is 0 Å². The molecular formula is C60H36N2S. The number of hydrogen-bond acceptors (Lipinski definition) is 2. The SMILES string of the molecule is c1ccc(C2(c3ccccc3)c3ccccc3-c3cc4c(cc32)c2c3ccccc3sc2n4-c2cccc(-c3nc4ccccc4c4c5ccccc5c5ccccc5c34)c2)cc1. The first-order chi connectivity index (χ1) is 31.3. The summed E-state index contributed by atoms with van der Waals surface area (Å²) in [5, 5.41) is 12.5. The molecule has 0 atom stereocenters. The number of para-hydroxylation sites is 1. The van der Waals surface area contributed by atoms with E-state index in [4.69, 9.17) is 4.98 Å². The van der Waals surface area contributed by atoms with Crippen LogP contribution in [0, 0.1) is 0 Å². The number of hydrogen-bond donors (Lipinski definition) is 0. The van der Waals surface area contributed by atoms with Crippen LogP contribution < -0.4 is 0 Å². The largest absolute Gasteiger partial charge is 0.301 e. The average Bonchev–Trinajstić information content (AvgIpc) is 3.98. The van der Waals surface area contributed by atoms with E-state index in [-0.39, 0.29) is 0 Å². The zero-order valence-corrected chi connectivity index (χ0v) is 34.9. The molecular weight excluding hydrogens is 781 g/mol. The molecule has 1 aliphatic carbocycles. The van der Waals surface area contributed by atoms with Gasteiger partial charge in [-0.1, -0.05) is 182 Å². The zero-order valence-electron chi connectivity index (χ0n) is 34.1. The van der Waals surface area contributed by atoms with Gasteiger partial charge in [0.25, 0.3) is 0 Å². The van der Waals surface area contributed by atoms with Crippen LogP contribution in [0.5, 0.6) is 0 Å². The fourth-order valence-electron chi connectivity index (χ4n) is 11.3. The lowest BCUT2D eigenvalue weighted by atomic mass is 9.67. The second kappa shape index (κ2) is 13.1. The van der Waals surface area contributed by atoms with Crippen LogP contribution in [-0.4, -0.2) is 9.55 Å². The number of rotatable bonds is 4. The minimum Gasteiger partial charge on any atom is -0.301 e. The third kappa shape index (κ3) is 4.69. The van der Waals surface area contributed by atoms with Crippen molar-refractivity contribution in [2.45, 2.75) is 5.41 Å². The van der Waals surface area contributed by atoms with E-state index in [1.165, 1.54) is 102 Å². The summed E-state index contributed by atoms with van der Waals surface area (Å²) in [4.78, 5) is 6.80. The number of pyridine rings is 1. The molecule has 0 N–H and O–H groups in total. The van der Waals surface area contributed by atoms with E-state index >= 15 is 0 Å². The molecule has 3 aromatic heterocycles. The summed E-state index contributed by atoms with van der Waals surface area (Å²) in [5.41, 5.74) is 12.7. The van der Waals surface area contributed by atoms with Crippen LogP contribution in [0.2, 0.25) is 0 Å². The van der Waals surface area contributed by atoms with Crippen molar-refractivity contribution in [2.24, 2.45) is 0 Å². The van der Waals surface area contributed by atoms with Crippen LogP contribution in [0.4, 0.5) is 0 Å². The van der Waals surface area contributed by atoms with Gasteiger partial charge in [0.05, 0.1) is 22.1 Å². The number of aromatic nitrogens is 2. The van der Waals surface area contributed by atoms with Crippen molar-refractivity contribution in [3.63, 3.8) is 0 Å². The van der Waals surface area contributed by atoms with E-state index in [1.54, 1.807) is 0 Å². The summed E-state index contributed by atoms with van der Waals surface area (Å²) in [6.45, 7) is 0. The Hall–Kier alpha value is -7.85. The Balaban J connectivity index is 1.09. The van der Waals surface area contributed by atoms with E-state index in [0.717, 1.165) is 22.5 Å². The highest BCUT2D eigenvalue weighted by molar-refractivity contribution is 7.25. The maximum atomic E-state index is 5.55. The standard InChI is InChI=1S/C60H36N2S/c1-3-19-38(20-4-1)60(39-21-5-2-6-22-39)50-31-14-11-26-43(50)48-36-53-49(35-51(48)60)56-47-30-13-16-33-54(47)63-59(56)62(53)40-23-17-18-37(34-40)58-57-45-28-10-8-25-42(45)41-24-7-9-27-44(41)55(57)46-29-12-15-32-52(46)61-58/h1-36H. The van der Waals surface area contributed by atoms with Crippen molar-refractivity contribution >= 4 is 85.8 Å². The van der Waals surface area contributed by atoms with Crippen molar-refractivity contribution in [3.05, 3.63) is 241 Å². The van der Waals surface area contributed by atoms with Gasteiger partial charge in [-0.05, 0) is 91.3 Å². The lowest BCUT2D eigenvalue weighted by Crippen LogP contribution is -2.28. The van der Waals surface area contributed by atoms with E-state index in [1.807, 2.05) is 11.3 Å². The summed E-state index contributed by atoms with van der Waals surface area (Å²) < 4.78 is 3.82. The Morgan fingerprint density at radius 1 is 0.397 bits per heavy atom. The van der Waals surface area contributed by atoms with E-state index in [2.05, 4.69) is 223 Å². The molecule has 0 bridgehead atoms. The van der Waals surface area contributed by atoms with Crippen molar-refractivity contribution in [1.29, 1.82) is 0 Å². The quantitative estimate of drug-likeness (QED) is 0.162. The fraction of sp³-hybridized carbons (Fsp3) is 0.0167. The van der Waals surface area contributed by atoms with Crippen LogP contribution in [0.25, 0.3) is 102 Å². The van der Waals surface area contributed by atoms with Gasteiger partial charge in [-0.25, -0.2) is 4.98 Å². The van der Waals surface area contributed by atoms with Crippen molar-refractivity contribution < 1.29 is 0 Å². The van der Waals surface area contributed by atoms with Gasteiger partial charge in [0.1, 0.15) is 4.83 Å². The number of thiophene rings is 1. The molecule has 0 fully saturated rings. The monoisotopic (exact) mass is 816 g/mol. The molecule has 0 spiro atoms. The predicted octanol–water partition coefficient (Wildman–Crippen LogP) is 16.0. The molecule has 2 nitrogen and oxygen atoms in total. The van der Waals surface area contributed by atoms with Crippen LogP contribution in [0.1, 0.15) is 22.3 Å². The predicted molar refractivity (Wildman–Crippen MR) is 267 cm³/mol. The minimum absolute atomic E-state index is 0.488. The Kier molecular flexibility index (Phi) is 7.23.